The van der Waals surface area contributed by atoms with Crippen molar-refractivity contribution in [2.75, 3.05) is 23.3 Å². The second kappa shape index (κ2) is 9.04. The molecule has 2 N–H and O–H groups in total. The predicted molar refractivity (Wildman–Crippen MR) is 111 cm³/mol. The highest BCUT2D eigenvalue weighted by molar-refractivity contribution is 5.93. The number of hydrogen-bond acceptors (Lipinski definition) is 3. The minimum absolute atomic E-state index is 0.161. The molecule has 1 atom stereocenters. The van der Waals surface area contributed by atoms with Gasteiger partial charge in [-0.3, -0.25) is 4.98 Å². The van der Waals surface area contributed by atoms with Crippen molar-refractivity contribution < 1.29 is 9.18 Å². The molecule has 28 heavy (non-hydrogen) atoms. The van der Waals surface area contributed by atoms with Crippen LogP contribution in [0.25, 0.3) is 0 Å². The molecule has 1 aromatic carbocycles. The van der Waals surface area contributed by atoms with Gasteiger partial charge in [0, 0.05) is 19.3 Å². The number of carbonyl (C=O) groups excluding carboxylic acids is 1. The van der Waals surface area contributed by atoms with Crippen LogP contribution in [-0.4, -0.2) is 24.1 Å². The van der Waals surface area contributed by atoms with Crippen LogP contribution >= 0.6 is 0 Å². The molecule has 5 nitrogen and oxygen atoms in total. The average molecular weight is 384 g/mol. The third-order valence-electron chi connectivity index (χ3n) is 5.20. The molecule has 0 spiro atoms. The van der Waals surface area contributed by atoms with E-state index in [2.05, 4.69) is 20.5 Å². The minimum Gasteiger partial charge on any atom is -0.370 e. The molecule has 1 aliphatic rings. The summed E-state index contributed by atoms with van der Waals surface area (Å²) in [5.41, 5.74) is 3.25. The Balaban J connectivity index is 1.78. The van der Waals surface area contributed by atoms with E-state index in [1.54, 1.807) is 12.3 Å². The lowest BCUT2D eigenvalue weighted by atomic mass is 9.97. The van der Waals surface area contributed by atoms with E-state index in [1.165, 1.54) is 18.6 Å². The van der Waals surface area contributed by atoms with Crippen molar-refractivity contribution in [1.29, 1.82) is 0 Å². The number of piperidine rings is 1. The number of anilines is 2. The molecule has 0 bridgehead atoms. The van der Waals surface area contributed by atoms with E-state index in [4.69, 9.17) is 0 Å². The number of aryl methyl sites for hydroxylation is 1. The van der Waals surface area contributed by atoms with E-state index in [0.29, 0.717) is 5.69 Å². The van der Waals surface area contributed by atoms with Crippen molar-refractivity contribution >= 4 is 17.4 Å². The van der Waals surface area contributed by atoms with Crippen molar-refractivity contribution in [3.8, 4) is 0 Å². The summed E-state index contributed by atoms with van der Waals surface area (Å²) >= 11 is 0. The number of aromatic nitrogens is 1. The molecule has 2 aromatic rings. The molecule has 2 amide bonds. The molecule has 1 unspecified atom stereocenters. The van der Waals surface area contributed by atoms with Gasteiger partial charge in [0.15, 0.2) is 0 Å². The fraction of sp³-hybridized carbons (Fsp3) is 0.455. The Morgan fingerprint density at radius 2 is 1.93 bits per heavy atom. The first-order chi connectivity index (χ1) is 13.5. The van der Waals surface area contributed by atoms with Crippen LogP contribution in [0.5, 0.6) is 0 Å². The maximum atomic E-state index is 13.9. The van der Waals surface area contributed by atoms with Crippen molar-refractivity contribution in [3.63, 3.8) is 0 Å². The smallest absolute Gasteiger partial charge is 0.319 e. The van der Waals surface area contributed by atoms with Crippen LogP contribution < -0.4 is 15.5 Å². The zero-order chi connectivity index (χ0) is 20.1. The minimum atomic E-state index is -0.364. The highest BCUT2D eigenvalue weighted by Gasteiger charge is 2.22. The van der Waals surface area contributed by atoms with E-state index in [1.807, 2.05) is 32.9 Å². The summed E-state index contributed by atoms with van der Waals surface area (Å²) in [6, 6.07) is 7.87. The van der Waals surface area contributed by atoms with Crippen molar-refractivity contribution in [2.24, 2.45) is 5.92 Å². The van der Waals surface area contributed by atoms with Crippen LogP contribution in [-0.2, 0) is 0 Å². The Bertz CT molecular complexity index is 818. The van der Waals surface area contributed by atoms with Crippen LogP contribution in [0.4, 0.5) is 20.6 Å². The predicted octanol–water partition coefficient (Wildman–Crippen LogP) is 5.04. The molecular formula is C22H29FN4O. The highest BCUT2D eigenvalue weighted by atomic mass is 19.1. The summed E-state index contributed by atoms with van der Waals surface area (Å²) in [5.74, 6) is -0.203. The number of hydrogen-bond donors (Lipinski definition) is 2. The lowest BCUT2D eigenvalue weighted by molar-refractivity contribution is 0.244. The van der Waals surface area contributed by atoms with Gasteiger partial charge in [-0.2, -0.15) is 0 Å². The Morgan fingerprint density at radius 3 is 2.61 bits per heavy atom. The molecule has 0 saturated carbocycles. The summed E-state index contributed by atoms with van der Waals surface area (Å²) < 4.78 is 13.9. The van der Waals surface area contributed by atoms with Gasteiger partial charge in [-0.05, 0) is 61.9 Å². The summed E-state index contributed by atoms with van der Waals surface area (Å²) in [6.45, 7) is 7.91. The topological polar surface area (TPSA) is 57.3 Å². The zero-order valence-electron chi connectivity index (χ0n) is 16.8. The van der Waals surface area contributed by atoms with Crippen molar-refractivity contribution in [3.05, 3.63) is 53.6 Å². The summed E-state index contributed by atoms with van der Waals surface area (Å²) in [5, 5.41) is 5.88. The third kappa shape index (κ3) is 4.80. The lowest BCUT2D eigenvalue weighted by Crippen LogP contribution is -2.37. The molecule has 1 aliphatic heterocycles. The number of nitrogens with zero attached hydrogens (tertiary/aromatic N) is 2. The molecule has 3 rings (SSSR count). The van der Waals surface area contributed by atoms with Gasteiger partial charge in [0.2, 0.25) is 0 Å². The molecule has 1 aromatic heterocycles. The first-order valence-electron chi connectivity index (χ1n) is 9.99. The Labute approximate surface area is 166 Å². The number of rotatable bonds is 5. The van der Waals surface area contributed by atoms with E-state index in [0.717, 1.165) is 42.9 Å². The van der Waals surface area contributed by atoms with Gasteiger partial charge < -0.3 is 15.5 Å². The van der Waals surface area contributed by atoms with Gasteiger partial charge in [-0.15, -0.1) is 0 Å². The van der Waals surface area contributed by atoms with E-state index >= 15 is 0 Å². The lowest BCUT2D eigenvalue weighted by Gasteiger charge is -2.31. The summed E-state index contributed by atoms with van der Waals surface area (Å²) in [6.07, 6.45) is 5.16. The highest BCUT2D eigenvalue weighted by Crippen LogP contribution is 2.30. The van der Waals surface area contributed by atoms with Gasteiger partial charge in [-0.1, -0.05) is 19.9 Å². The van der Waals surface area contributed by atoms with Gasteiger partial charge in [0.05, 0.1) is 23.1 Å². The second-order valence-corrected chi connectivity index (χ2v) is 7.73. The largest absolute Gasteiger partial charge is 0.370 e. The zero-order valence-corrected chi connectivity index (χ0v) is 16.8. The summed E-state index contributed by atoms with van der Waals surface area (Å²) in [7, 11) is 0. The number of carbonyl (C=O) groups is 1. The SMILES string of the molecule is Cc1cccnc1C(NC(=O)Nc1cc(F)ccc1N1CCCCC1)C(C)C. The number of halogens is 1. The summed E-state index contributed by atoms with van der Waals surface area (Å²) in [4.78, 5) is 19.4. The average Bonchev–Trinajstić information content (AvgIpc) is 2.67. The quantitative estimate of drug-likeness (QED) is 0.759. The van der Waals surface area contributed by atoms with Gasteiger partial charge >= 0.3 is 6.03 Å². The Hall–Kier alpha value is -2.63. The number of pyridine rings is 1. The number of amides is 2. The van der Waals surface area contributed by atoms with Crippen molar-refractivity contribution in [1.82, 2.24) is 10.3 Å². The third-order valence-corrected chi connectivity index (χ3v) is 5.20. The molecule has 6 heteroatoms. The maximum absolute atomic E-state index is 13.9. The Kier molecular flexibility index (Phi) is 6.49. The Morgan fingerprint density at radius 1 is 1.18 bits per heavy atom. The first-order valence-corrected chi connectivity index (χ1v) is 9.99. The molecule has 0 aliphatic carbocycles. The van der Waals surface area contributed by atoms with E-state index < -0.39 is 0 Å². The number of urea groups is 1. The van der Waals surface area contributed by atoms with Crippen LogP contribution in [0, 0.1) is 18.7 Å². The van der Waals surface area contributed by atoms with Crippen LogP contribution in [0.3, 0.4) is 0 Å². The first kappa shape index (κ1) is 20.1. The number of benzene rings is 1. The van der Waals surface area contributed by atoms with Gasteiger partial charge in [0.25, 0.3) is 0 Å². The van der Waals surface area contributed by atoms with E-state index in [9.17, 15) is 9.18 Å². The molecule has 150 valence electrons. The van der Waals surface area contributed by atoms with Crippen molar-refractivity contribution in [2.45, 2.75) is 46.1 Å². The fourth-order valence-electron chi connectivity index (χ4n) is 3.69. The number of nitrogens with one attached hydrogen (secondary N) is 2. The van der Waals surface area contributed by atoms with Gasteiger partial charge in [-0.25, -0.2) is 9.18 Å². The van der Waals surface area contributed by atoms with Crippen LogP contribution in [0.1, 0.15) is 50.4 Å². The molecule has 2 heterocycles. The standard InChI is InChI=1S/C22H29FN4O/c1-15(2)20(21-16(3)8-7-11-24-21)26-22(28)25-18-14-17(23)9-10-19(18)27-12-5-4-6-13-27/h7-11,14-15,20H,4-6,12-13H2,1-3H3,(H2,25,26,28). The normalized spacial score (nSPS) is 15.4. The van der Waals surface area contributed by atoms with Crippen LogP contribution in [0.2, 0.25) is 0 Å². The van der Waals surface area contributed by atoms with Crippen LogP contribution in [0.15, 0.2) is 36.5 Å². The molecule has 1 fully saturated rings. The molecular weight excluding hydrogens is 355 g/mol. The molecule has 1 saturated heterocycles. The second-order valence-electron chi connectivity index (χ2n) is 7.73. The molecule has 0 radical (unpaired) electrons. The van der Waals surface area contributed by atoms with E-state index in [-0.39, 0.29) is 23.8 Å². The fourth-order valence-corrected chi connectivity index (χ4v) is 3.69. The maximum Gasteiger partial charge on any atom is 0.319 e. The van der Waals surface area contributed by atoms with Gasteiger partial charge in [0.1, 0.15) is 5.82 Å². The monoisotopic (exact) mass is 384 g/mol.